The summed E-state index contributed by atoms with van der Waals surface area (Å²) in [6, 6.07) is 0.176. The molecule has 18 heavy (non-hydrogen) atoms. The van der Waals surface area contributed by atoms with E-state index in [1.54, 1.807) is 7.05 Å². The Bertz CT molecular complexity index is 292. The zero-order chi connectivity index (χ0) is 13.5. The van der Waals surface area contributed by atoms with E-state index >= 15 is 0 Å². The van der Waals surface area contributed by atoms with E-state index in [0.29, 0.717) is 12.5 Å². The van der Waals surface area contributed by atoms with Gasteiger partial charge in [0.15, 0.2) is 0 Å². The van der Waals surface area contributed by atoms with Gasteiger partial charge in [0.1, 0.15) is 0 Å². The number of amides is 2. The first-order chi connectivity index (χ1) is 8.56. The normalized spacial score (nSPS) is 23.5. The molecule has 2 unspecified atom stereocenters. The molecule has 0 bridgehead atoms. The van der Waals surface area contributed by atoms with Crippen molar-refractivity contribution in [2.24, 2.45) is 5.92 Å². The number of unbranched alkanes of at least 4 members (excludes halogenated alkanes) is 1. The van der Waals surface area contributed by atoms with E-state index in [9.17, 15) is 9.59 Å². The number of hydrogen-bond donors (Lipinski definition) is 1. The molecule has 4 heteroatoms. The minimum absolute atomic E-state index is 0.176. The molecule has 0 aromatic heterocycles. The Balaban J connectivity index is 2.41. The van der Waals surface area contributed by atoms with Crippen molar-refractivity contribution in [1.82, 2.24) is 10.2 Å². The van der Waals surface area contributed by atoms with Crippen LogP contribution in [-0.2, 0) is 9.59 Å². The molecule has 0 aliphatic heterocycles. The van der Waals surface area contributed by atoms with Crippen LogP contribution in [0.2, 0.25) is 0 Å². The summed E-state index contributed by atoms with van der Waals surface area (Å²) in [6.07, 6.45) is 6.49. The molecule has 1 saturated carbocycles. The summed E-state index contributed by atoms with van der Waals surface area (Å²) in [5.41, 5.74) is 0. The van der Waals surface area contributed by atoms with Crippen molar-refractivity contribution in [3.05, 3.63) is 0 Å². The van der Waals surface area contributed by atoms with E-state index < -0.39 is 11.8 Å². The Labute approximate surface area is 110 Å². The number of nitrogens with one attached hydrogen (secondary N) is 1. The van der Waals surface area contributed by atoms with Crippen LogP contribution in [0.4, 0.5) is 0 Å². The predicted molar refractivity (Wildman–Crippen MR) is 72.1 cm³/mol. The highest BCUT2D eigenvalue weighted by Crippen LogP contribution is 2.23. The highest BCUT2D eigenvalue weighted by Gasteiger charge is 2.26. The quantitative estimate of drug-likeness (QED) is 0.779. The van der Waals surface area contributed by atoms with E-state index in [2.05, 4.69) is 19.2 Å². The highest BCUT2D eigenvalue weighted by atomic mass is 16.2. The van der Waals surface area contributed by atoms with Crippen molar-refractivity contribution in [2.75, 3.05) is 13.6 Å². The van der Waals surface area contributed by atoms with Gasteiger partial charge in [-0.1, -0.05) is 33.1 Å². The molecule has 2 atom stereocenters. The molecule has 1 aliphatic rings. The maximum absolute atomic E-state index is 11.9. The van der Waals surface area contributed by atoms with Gasteiger partial charge in [0.25, 0.3) is 0 Å². The number of rotatable bonds is 4. The molecule has 1 rings (SSSR count). The first-order valence-electron chi connectivity index (χ1n) is 7.12. The summed E-state index contributed by atoms with van der Waals surface area (Å²) in [7, 11) is 1.70. The lowest BCUT2D eigenvalue weighted by Gasteiger charge is -2.29. The molecule has 0 radical (unpaired) electrons. The Kier molecular flexibility index (Phi) is 6.16. The Morgan fingerprint density at radius 1 is 1.28 bits per heavy atom. The molecule has 0 saturated heterocycles. The van der Waals surface area contributed by atoms with Crippen molar-refractivity contribution in [2.45, 2.75) is 58.4 Å². The lowest BCUT2D eigenvalue weighted by atomic mass is 9.86. The number of hydrogen-bond acceptors (Lipinski definition) is 2. The van der Waals surface area contributed by atoms with E-state index in [-0.39, 0.29) is 6.04 Å². The van der Waals surface area contributed by atoms with Gasteiger partial charge >= 0.3 is 11.8 Å². The maximum Gasteiger partial charge on any atom is 0.311 e. The number of carbonyl (C=O) groups excluding carboxylic acids is 2. The topological polar surface area (TPSA) is 49.4 Å². The summed E-state index contributed by atoms with van der Waals surface area (Å²) in [4.78, 5) is 25.2. The van der Waals surface area contributed by atoms with Gasteiger partial charge in [-0.3, -0.25) is 9.59 Å². The molecule has 1 N–H and O–H groups in total. The van der Waals surface area contributed by atoms with Crippen LogP contribution >= 0.6 is 0 Å². The van der Waals surface area contributed by atoms with E-state index in [1.165, 1.54) is 11.3 Å². The summed E-state index contributed by atoms with van der Waals surface area (Å²) in [6.45, 7) is 4.88. The molecular formula is C14H26N2O2. The van der Waals surface area contributed by atoms with Crippen LogP contribution in [0.5, 0.6) is 0 Å². The van der Waals surface area contributed by atoms with Crippen LogP contribution < -0.4 is 5.32 Å². The molecule has 0 aromatic carbocycles. The van der Waals surface area contributed by atoms with Crippen molar-refractivity contribution < 1.29 is 9.59 Å². The monoisotopic (exact) mass is 254 g/mol. The first kappa shape index (κ1) is 15.0. The number of carbonyl (C=O) groups is 2. The molecular weight excluding hydrogens is 228 g/mol. The maximum atomic E-state index is 11.9. The van der Waals surface area contributed by atoms with E-state index in [4.69, 9.17) is 0 Å². The minimum Gasteiger partial charge on any atom is -0.345 e. The Hall–Kier alpha value is -1.06. The van der Waals surface area contributed by atoms with Gasteiger partial charge in [-0.05, 0) is 25.2 Å². The second-order valence-corrected chi connectivity index (χ2v) is 5.42. The van der Waals surface area contributed by atoms with Gasteiger partial charge < -0.3 is 10.2 Å². The summed E-state index contributed by atoms with van der Waals surface area (Å²) < 4.78 is 0. The molecule has 1 aliphatic carbocycles. The Morgan fingerprint density at radius 3 is 2.56 bits per heavy atom. The van der Waals surface area contributed by atoms with Crippen LogP contribution in [0, 0.1) is 5.92 Å². The fourth-order valence-electron chi connectivity index (χ4n) is 2.43. The third kappa shape index (κ3) is 4.31. The zero-order valence-electron chi connectivity index (χ0n) is 11.9. The van der Waals surface area contributed by atoms with Crippen molar-refractivity contribution in [1.29, 1.82) is 0 Å². The lowest BCUT2D eigenvalue weighted by molar-refractivity contribution is -0.145. The average molecular weight is 254 g/mol. The minimum atomic E-state index is -0.438. The smallest absolute Gasteiger partial charge is 0.311 e. The van der Waals surface area contributed by atoms with Crippen LogP contribution in [0.1, 0.15) is 52.4 Å². The fraction of sp³-hybridized carbons (Fsp3) is 0.857. The zero-order valence-corrected chi connectivity index (χ0v) is 11.9. The number of nitrogens with zero attached hydrogens (tertiary/aromatic N) is 1. The van der Waals surface area contributed by atoms with E-state index in [1.807, 2.05) is 0 Å². The molecule has 2 amide bonds. The predicted octanol–water partition coefficient (Wildman–Crippen LogP) is 1.94. The van der Waals surface area contributed by atoms with Crippen LogP contribution in [0.15, 0.2) is 0 Å². The Morgan fingerprint density at radius 2 is 1.94 bits per heavy atom. The van der Waals surface area contributed by atoms with Crippen LogP contribution in [0.3, 0.4) is 0 Å². The van der Waals surface area contributed by atoms with Gasteiger partial charge in [-0.25, -0.2) is 0 Å². The van der Waals surface area contributed by atoms with Crippen molar-refractivity contribution in [3.8, 4) is 0 Å². The van der Waals surface area contributed by atoms with Crippen LogP contribution in [-0.4, -0.2) is 36.3 Å². The van der Waals surface area contributed by atoms with Gasteiger partial charge in [-0.2, -0.15) is 0 Å². The lowest BCUT2D eigenvalue weighted by Crippen LogP contribution is -2.48. The fourth-order valence-corrected chi connectivity index (χ4v) is 2.43. The summed E-state index contributed by atoms with van der Waals surface area (Å²) in [5, 5.41) is 2.90. The van der Waals surface area contributed by atoms with E-state index in [0.717, 1.165) is 32.1 Å². The number of likely N-dealkylation sites (N-methyl/N-ethyl adjacent to an activating group) is 1. The molecule has 0 heterocycles. The van der Waals surface area contributed by atoms with Crippen molar-refractivity contribution >= 4 is 11.8 Å². The highest BCUT2D eigenvalue weighted by molar-refractivity contribution is 6.35. The third-order valence-corrected chi connectivity index (χ3v) is 3.82. The standard InChI is InChI=1S/C14H26N2O2/c1-4-5-10-16(3)14(18)13(17)15-12-9-7-6-8-11(12)2/h11-12H,4-10H2,1-3H3,(H,15,17). The second kappa shape index (κ2) is 7.39. The van der Waals surface area contributed by atoms with Gasteiger partial charge in [-0.15, -0.1) is 0 Å². The first-order valence-corrected chi connectivity index (χ1v) is 7.12. The van der Waals surface area contributed by atoms with Gasteiger partial charge in [0.2, 0.25) is 0 Å². The molecule has 4 nitrogen and oxygen atoms in total. The summed E-state index contributed by atoms with van der Waals surface area (Å²) >= 11 is 0. The summed E-state index contributed by atoms with van der Waals surface area (Å²) in [5.74, 6) is -0.356. The molecule has 1 fully saturated rings. The largest absolute Gasteiger partial charge is 0.345 e. The molecule has 104 valence electrons. The SMILES string of the molecule is CCCCN(C)C(=O)C(=O)NC1CCCCC1C. The van der Waals surface area contributed by atoms with Crippen LogP contribution in [0.25, 0.3) is 0 Å². The van der Waals surface area contributed by atoms with Gasteiger partial charge in [0, 0.05) is 19.6 Å². The van der Waals surface area contributed by atoms with Crippen molar-refractivity contribution in [3.63, 3.8) is 0 Å². The molecule has 0 spiro atoms. The van der Waals surface area contributed by atoms with Gasteiger partial charge in [0.05, 0.1) is 0 Å². The average Bonchev–Trinajstić information content (AvgIpc) is 2.37. The molecule has 0 aromatic rings. The second-order valence-electron chi connectivity index (χ2n) is 5.42. The third-order valence-electron chi connectivity index (χ3n) is 3.82.